The average Bonchev–Trinajstić information content (AvgIpc) is 3.01. The Morgan fingerprint density at radius 3 is 2.43 bits per heavy atom. The first kappa shape index (κ1) is 17.7. The maximum atomic E-state index is 12.9. The minimum absolute atomic E-state index is 0.120. The quantitative estimate of drug-likeness (QED) is 0.712. The van der Waals surface area contributed by atoms with Crippen LogP contribution in [0, 0.1) is 0 Å². The van der Waals surface area contributed by atoms with Crippen molar-refractivity contribution >= 4 is 48.9 Å². The second kappa shape index (κ2) is 7.27. The van der Waals surface area contributed by atoms with Gasteiger partial charge in [-0.15, -0.1) is 11.3 Å². The number of rotatable bonds is 6. The SMILES string of the molecule is CN(C)CCN(C1CCCC1)S(=O)(=O)c1cc(Cl)c(Br)s1. The summed E-state index contributed by atoms with van der Waals surface area (Å²) in [7, 11) is 0.442. The average molecular weight is 416 g/mol. The van der Waals surface area contributed by atoms with E-state index in [1.54, 1.807) is 10.4 Å². The molecule has 0 N–H and O–H groups in total. The maximum absolute atomic E-state index is 12.9. The normalized spacial score (nSPS) is 17.2. The molecule has 0 radical (unpaired) electrons. The molecule has 8 heteroatoms. The second-order valence-corrected chi connectivity index (χ2v) is 10.4. The summed E-state index contributed by atoms with van der Waals surface area (Å²) in [6.07, 6.45) is 4.11. The zero-order valence-electron chi connectivity index (χ0n) is 12.2. The monoisotopic (exact) mass is 414 g/mol. The molecule has 2 rings (SSSR count). The van der Waals surface area contributed by atoms with E-state index in [1.807, 2.05) is 19.0 Å². The molecule has 1 aromatic rings. The Balaban J connectivity index is 2.28. The fourth-order valence-corrected chi connectivity index (χ4v) is 6.76. The van der Waals surface area contributed by atoms with Crippen molar-refractivity contribution in [3.05, 3.63) is 14.9 Å². The number of halogens is 2. The van der Waals surface area contributed by atoms with E-state index in [2.05, 4.69) is 15.9 Å². The van der Waals surface area contributed by atoms with E-state index >= 15 is 0 Å². The number of hydrogen-bond acceptors (Lipinski definition) is 4. The Morgan fingerprint density at radius 1 is 1.33 bits per heavy atom. The number of sulfonamides is 1. The molecule has 1 heterocycles. The lowest BCUT2D eigenvalue weighted by atomic mass is 10.2. The Bertz CT molecular complexity index is 563. The van der Waals surface area contributed by atoms with Crippen LogP contribution in [0.2, 0.25) is 5.02 Å². The molecule has 1 aliphatic rings. The first-order chi connectivity index (χ1) is 9.82. The smallest absolute Gasteiger partial charge is 0.252 e. The lowest BCUT2D eigenvalue weighted by Crippen LogP contribution is -2.42. The van der Waals surface area contributed by atoms with Gasteiger partial charge in [-0.2, -0.15) is 4.31 Å². The van der Waals surface area contributed by atoms with Gasteiger partial charge in [0.15, 0.2) is 0 Å². The standard InChI is InChI=1S/C13H20BrClN2O2S2/c1-16(2)7-8-17(10-5-3-4-6-10)21(18,19)12-9-11(15)13(14)20-12/h9-10H,3-8H2,1-2H3. The highest BCUT2D eigenvalue weighted by atomic mass is 79.9. The van der Waals surface area contributed by atoms with Crippen LogP contribution in [-0.4, -0.2) is 50.8 Å². The first-order valence-electron chi connectivity index (χ1n) is 6.94. The Morgan fingerprint density at radius 2 is 1.95 bits per heavy atom. The largest absolute Gasteiger partial charge is 0.308 e. The van der Waals surface area contributed by atoms with E-state index in [0.717, 1.165) is 32.2 Å². The van der Waals surface area contributed by atoms with Crippen molar-refractivity contribution in [1.82, 2.24) is 9.21 Å². The molecule has 0 amide bonds. The van der Waals surface area contributed by atoms with Gasteiger partial charge in [0.25, 0.3) is 10.0 Å². The van der Waals surface area contributed by atoms with Gasteiger partial charge in [0.2, 0.25) is 0 Å². The topological polar surface area (TPSA) is 40.6 Å². The van der Waals surface area contributed by atoms with Crippen LogP contribution in [0.15, 0.2) is 14.1 Å². The van der Waals surface area contributed by atoms with Gasteiger partial charge in [0.1, 0.15) is 4.21 Å². The van der Waals surface area contributed by atoms with Crippen molar-refractivity contribution in [2.45, 2.75) is 35.9 Å². The molecule has 1 aromatic heterocycles. The molecule has 0 aliphatic heterocycles. The van der Waals surface area contributed by atoms with Crippen molar-refractivity contribution < 1.29 is 8.42 Å². The summed E-state index contributed by atoms with van der Waals surface area (Å²) in [5.74, 6) is 0. The highest BCUT2D eigenvalue weighted by Crippen LogP contribution is 2.37. The van der Waals surface area contributed by atoms with Crippen molar-refractivity contribution in [3.8, 4) is 0 Å². The number of likely N-dealkylation sites (N-methyl/N-ethyl adjacent to an activating group) is 1. The van der Waals surface area contributed by atoms with E-state index < -0.39 is 10.0 Å². The van der Waals surface area contributed by atoms with Crippen molar-refractivity contribution in [3.63, 3.8) is 0 Å². The Labute approximate surface area is 144 Å². The first-order valence-corrected chi connectivity index (χ1v) is 10.4. The summed E-state index contributed by atoms with van der Waals surface area (Å²) in [6.45, 7) is 1.24. The van der Waals surface area contributed by atoms with Gasteiger partial charge in [-0.25, -0.2) is 8.42 Å². The van der Waals surface area contributed by atoms with Crippen LogP contribution in [0.3, 0.4) is 0 Å². The summed E-state index contributed by atoms with van der Waals surface area (Å²) >= 11 is 10.5. The highest BCUT2D eigenvalue weighted by Gasteiger charge is 2.34. The number of hydrogen-bond donors (Lipinski definition) is 0. The molecule has 0 saturated heterocycles. The number of thiophene rings is 1. The molecule has 1 aliphatic carbocycles. The molecule has 1 fully saturated rings. The summed E-state index contributed by atoms with van der Waals surface area (Å²) in [5, 5.41) is 0.456. The molecule has 0 spiro atoms. The third kappa shape index (κ3) is 4.20. The van der Waals surface area contributed by atoms with Crippen molar-refractivity contribution in [2.24, 2.45) is 0 Å². The molecular weight excluding hydrogens is 396 g/mol. The van der Waals surface area contributed by atoms with E-state index in [-0.39, 0.29) is 6.04 Å². The van der Waals surface area contributed by atoms with Crippen LogP contribution < -0.4 is 0 Å². The van der Waals surface area contributed by atoms with Gasteiger partial charge in [-0.05, 0) is 48.9 Å². The lowest BCUT2D eigenvalue weighted by molar-refractivity contribution is 0.282. The van der Waals surface area contributed by atoms with Gasteiger partial charge in [-0.3, -0.25) is 0 Å². The van der Waals surface area contributed by atoms with E-state index in [1.165, 1.54) is 11.3 Å². The lowest BCUT2D eigenvalue weighted by Gasteiger charge is -2.28. The maximum Gasteiger partial charge on any atom is 0.252 e. The van der Waals surface area contributed by atoms with E-state index in [4.69, 9.17) is 11.6 Å². The van der Waals surface area contributed by atoms with Crippen LogP contribution in [0.4, 0.5) is 0 Å². The molecule has 0 bridgehead atoms. The Hall–Kier alpha value is 0.340. The van der Waals surface area contributed by atoms with Crippen molar-refractivity contribution in [2.75, 3.05) is 27.2 Å². The molecule has 4 nitrogen and oxygen atoms in total. The zero-order valence-corrected chi connectivity index (χ0v) is 16.2. The fourth-order valence-electron chi connectivity index (χ4n) is 2.56. The summed E-state index contributed by atoms with van der Waals surface area (Å²) in [4.78, 5) is 2.01. The van der Waals surface area contributed by atoms with Gasteiger partial charge in [0.05, 0.1) is 8.81 Å². The predicted molar refractivity (Wildman–Crippen MR) is 91.7 cm³/mol. The molecule has 21 heavy (non-hydrogen) atoms. The predicted octanol–water partition coefficient (Wildman–Crippen LogP) is 3.66. The van der Waals surface area contributed by atoms with Gasteiger partial charge < -0.3 is 4.90 Å². The van der Waals surface area contributed by atoms with Crippen molar-refractivity contribution in [1.29, 1.82) is 0 Å². The molecule has 120 valence electrons. The number of nitrogens with zero attached hydrogens (tertiary/aromatic N) is 2. The van der Waals surface area contributed by atoms with E-state index in [9.17, 15) is 8.42 Å². The Kier molecular flexibility index (Phi) is 6.13. The van der Waals surface area contributed by atoms with Gasteiger partial charge in [-0.1, -0.05) is 24.4 Å². The fraction of sp³-hybridized carbons (Fsp3) is 0.692. The van der Waals surface area contributed by atoms with Crippen LogP contribution in [0.25, 0.3) is 0 Å². The molecule has 0 unspecified atom stereocenters. The van der Waals surface area contributed by atoms with Crippen LogP contribution >= 0.6 is 38.9 Å². The van der Waals surface area contributed by atoms with Gasteiger partial charge in [0, 0.05) is 19.1 Å². The third-order valence-corrected chi connectivity index (χ3v) is 8.56. The molecule has 0 aromatic carbocycles. The second-order valence-electron chi connectivity index (χ2n) is 5.54. The highest BCUT2D eigenvalue weighted by molar-refractivity contribution is 9.11. The minimum Gasteiger partial charge on any atom is -0.308 e. The summed E-state index contributed by atoms with van der Waals surface area (Å²) < 4.78 is 28.5. The van der Waals surface area contributed by atoms with Gasteiger partial charge >= 0.3 is 0 Å². The van der Waals surface area contributed by atoms with Crippen LogP contribution in [-0.2, 0) is 10.0 Å². The third-order valence-electron chi connectivity index (χ3n) is 3.69. The molecular formula is C13H20BrClN2O2S2. The molecule has 0 atom stereocenters. The van der Waals surface area contributed by atoms with Crippen LogP contribution in [0.1, 0.15) is 25.7 Å². The van der Waals surface area contributed by atoms with Crippen LogP contribution in [0.5, 0.6) is 0 Å². The summed E-state index contributed by atoms with van der Waals surface area (Å²) in [6, 6.07) is 1.66. The molecule has 1 saturated carbocycles. The van der Waals surface area contributed by atoms with E-state index in [0.29, 0.717) is 19.6 Å². The minimum atomic E-state index is -3.47. The summed E-state index contributed by atoms with van der Waals surface area (Å²) in [5.41, 5.74) is 0. The zero-order chi connectivity index (χ0) is 15.6.